The summed E-state index contributed by atoms with van der Waals surface area (Å²) in [5.41, 5.74) is 4.87. The van der Waals surface area contributed by atoms with Crippen molar-refractivity contribution >= 4 is 5.91 Å². The Bertz CT molecular complexity index is 698. The molecular formula is C18H21N3O2. The van der Waals surface area contributed by atoms with Gasteiger partial charge in [0.05, 0.1) is 5.69 Å². The lowest BCUT2D eigenvalue weighted by molar-refractivity contribution is -0.127. The van der Waals surface area contributed by atoms with Crippen LogP contribution in [0, 0.1) is 0 Å². The standard InChI is InChI=1S/C18H21N3O2/c22-18(17-11-12-5-1-4-8-16(12)23-17)19-10-9-15-13-6-2-3-7-14(13)20-21-15/h1,4-5,8,17H,2-3,6-7,9-11H2,(H,19,22)(H,20,21)/t17-/m1/s1. The van der Waals surface area contributed by atoms with E-state index in [4.69, 9.17) is 4.74 Å². The number of fused-ring (bicyclic) bond motifs is 2. The van der Waals surface area contributed by atoms with Crippen LogP contribution in [0.5, 0.6) is 5.75 Å². The second-order valence-electron chi connectivity index (χ2n) is 6.29. The van der Waals surface area contributed by atoms with Crippen LogP contribution in [0.4, 0.5) is 0 Å². The quantitative estimate of drug-likeness (QED) is 0.907. The van der Waals surface area contributed by atoms with Crippen LogP contribution in [0.2, 0.25) is 0 Å². The van der Waals surface area contributed by atoms with Gasteiger partial charge >= 0.3 is 0 Å². The molecule has 5 heteroatoms. The Hall–Kier alpha value is -2.30. The second-order valence-corrected chi connectivity index (χ2v) is 6.29. The summed E-state index contributed by atoms with van der Waals surface area (Å²) in [4.78, 5) is 12.3. The predicted octanol–water partition coefficient (Wildman–Crippen LogP) is 1.95. The average Bonchev–Trinajstić information content (AvgIpc) is 3.19. The predicted molar refractivity (Wildman–Crippen MR) is 86.5 cm³/mol. The minimum atomic E-state index is -0.402. The van der Waals surface area contributed by atoms with E-state index in [1.807, 2.05) is 24.3 Å². The highest BCUT2D eigenvalue weighted by Crippen LogP contribution is 2.28. The van der Waals surface area contributed by atoms with E-state index in [1.54, 1.807) is 0 Å². The molecule has 2 aliphatic rings. The lowest BCUT2D eigenvalue weighted by Gasteiger charge is -2.13. The third kappa shape index (κ3) is 2.83. The highest BCUT2D eigenvalue weighted by molar-refractivity contribution is 5.82. The van der Waals surface area contributed by atoms with Crippen molar-refractivity contribution < 1.29 is 9.53 Å². The smallest absolute Gasteiger partial charge is 0.261 e. The topological polar surface area (TPSA) is 67.0 Å². The van der Waals surface area contributed by atoms with Crippen molar-refractivity contribution in [2.24, 2.45) is 0 Å². The minimum absolute atomic E-state index is 0.0365. The first-order chi connectivity index (χ1) is 11.3. The summed E-state index contributed by atoms with van der Waals surface area (Å²) in [6, 6.07) is 7.83. The number of H-pyrrole nitrogens is 1. The van der Waals surface area contributed by atoms with Crippen molar-refractivity contribution in [2.45, 2.75) is 44.6 Å². The van der Waals surface area contributed by atoms with Crippen LogP contribution in [-0.2, 0) is 30.5 Å². The third-order valence-electron chi connectivity index (χ3n) is 4.74. The van der Waals surface area contributed by atoms with Crippen LogP contribution in [0.1, 0.15) is 35.4 Å². The fourth-order valence-electron chi connectivity index (χ4n) is 3.50. The van der Waals surface area contributed by atoms with Crippen molar-refractivity contribution in [2.75, 3.05) is 6.54 Å². The monoisotopic (exact) mass is 311 g/mol. The van der Waals surface area contributed by atoms with Gasteiger partial charge in [0.2, 0.25) is 0 Å². The van der Waals surface area contributed by atoms with Crippen LogP contribution in [0.25, 0.3) is 0 Å². The maximum Gasteiger partial charge on any atom is 0.261 e. The molecule has 4 rings (SSSR count). The van der Waals surface area contributed by atoms with Gasteiger partial charge in [-0.3, -0.25) is 9.89 Å². The van der Waals surface area contributed by atoms with E-state index in [1.165, 1.54) is 24.1 Å². The first kappa shape index (κ1) is 14.3. The van der Waals surface area contributed by atoms with E-state index in [0.717, 1.165) is 36.3 Å². The SMILES string of the molecule is O=C(NCCc1n[nH]c2c1CCCC2)[C@H]1Cc2ccccc2O1. The Morgan fingerprint density at radius 1 is 1.30 bits per heavy atom. The van der Waals surface area contributed by atoms with Gasteiger partial charge in [-0.15, -0.1) is 0 Å². The Morgan fingerprint density at radius 3 is 3.09 bits per heavy atom. The molecule has 5 nitrogen and oxygen atoms in total. The molecule has 2 heterocycles. The molecular weight excluding hydrogens is 290 g/mol. The van der Waals surface area contributed by atoms with Crippen molar-refractivity contribution in [3.63, 3.8) is 0 Å². The summed E-state index contributed by atoms with van der Waals surface area (Å²) >= 11 is 0. The fourth-order valence-corrected chi connectivity index (χ4v) is 3.50. The number of aryl methyl sites for hydroxylation is 1. The van der Waals surface area contributed by atoms with Gasteiger partial charge in [-0.25, -0.2) is 0 Å². The summed E-state index contributed by atoms with van der Waals surface area (Å²) in [7, 11) is 0. The lowest BCUT2D eigenvalue weighted by atomic mass is 9.95. The molecule has 2 N–H and O–H groups in total. The Balaban J connectivity index is 1.30. The molecule has 1 aliphatic carbocycles. The van der Waals surface area contributed by atoms with Crippen LogP contribution < -0.4 is 10.1 Å². The molecule has 0 spiro atoms. The molecule has 2 aromatic rings. The number of aromatic amines is 1. The zero-order valence-electron chi connectivity index (χ0n) is 13.1. The fraction of sp³-hybridized carbons (Fsp3) is 0.444. The average molecular weight is 311 g/mol. The van der Waals surface area contributed by atoms with Crippen LogP contribution in [0.3, 0.4) is 0 Å². The number of nitrogens with one attached hydrogen (secondary N) is 2. The molecule has 0 saturated carbocycles. The van der Waals surface area contributed by atoms with Gasteiger partial charge in [0.15, 0.2) is 6.10 Å². The molecule has 1 aromatic carbocycles. The Morgan fingerprint density at radius 2 is 2.17 bits per heavy atom. The number of hydrogen-bond acceptors (Lipinski definition) is 3. The van der Waals surface area contributed by atoms with E-state index in [9.17, 15) is 4.79 Å². The normalized spacial score (nSPS) is 18.9. The van der Waals surface area contributed by atoms with Gasteiger partial charge in [-0.2, -0.15) is 5.10 Å². The van der Waals surface area contributed by atoms with E-state index in [-0.39, 0.29) is 5.91 Å². The second kappa shape index (κ2) is 6.07. The van der Waals surface area contributed by atoms with Crippen LogP contribution >= 0.6 is 0 Å². The Labute approximate surface area is 135 Å². The molecule has 120 valence electrons. The summed E-state index contributed by atoms with van der Waals surface area (Å²) < 4.78 is 5.71. The molecule has 0 radical (unpaired) electrons. The van der Waals surface area contributed by atoms with Crippen molar-refractivity contribution in [1.29, 1.82) is 0 Å². The molecule has 1 amide bonds. The molecule has 0 unspecified atom stereocenters. The molecule has 1 atom stereocenters. The zero-order valence-corrected chi connectivity index (χ0v) is 13.1. The van der Waals surface area contributed by atoms with E-state index < -0.39 is 6.10 Å². The molecule has 0 bridgehead atoms. The minimum Gasteiger partial charge on any atom is -0.480 e. The van der Waals surface area contributed by atoms with Gasteiger partial charge in [0.25, 0.3) is 5.91 Å². The van der Waals surface area contributed by atoms with Gasteiger partial charge in [0, 0.05) is 25.1 Å². The number of rotatable bonds is 4. The van der Waals surface area contributed by atoms with Gasteiger partial charge in [0.1, 0.15) is 5.75 Å². The number of nitrogens with zero attached hydrogens (tertiary/aromatic N) is 1. The molecule has 0 saturated heterocycles. The number of ether oxygens (including phenoxy) is 1. The van der Waals surface area contributed by atoms with Crippen molar-refractivity contribution in [1.82, 2.24) is 15.5 Å². The summed E-state index contributed by atoms with van der Waals surface area (Å²) in [6.45, 7) is 0.604. The van der Waals surface area contributed by atoms with Crippen molar-refractivity contribution in [3.8, 4) is 5.75 Å². The number of benzene rings is 1. The summed E-state index contributed by atoms with van der Waals surface area (Å²) in [6.07, 6.45) is 5.71. The maximum absolute atomic E-state index is 12.3. The molecule has 1 aliphatic heterocycles. The number of aromatic nitrogens is 2. The highest BCUT2D eigenvalue weighted by Gasteiger charge is 2.28. The van der Waals surface area contributed by atoms with E-state index >= 15 is 0 Å². The van der Waals surface area contributed by atoms with Crippen LogP contribution in [0.15, 0.2) is 24.3 Å². The third-order valence-corrected chi connectivity index (χ3v) is 4.74. The Kier molecular flexibility index (Phi) is 3.77. The first-order valence-electron chi connectivity index (χ1n) is 8.38. The number of amides is 1. The largest absolute Gasteiger partial charge is 0.480 e. The van der Waals surface area contributed by atoms with E-state index in [2.05, 4.69) is 15.5 Å². The van der Waals surface area contributed by atoms with E-state index in [0.29, 0.717) is 13.0 Å². The first-order valence-corrected chi connectivity index (χ1v) is 8.38. The molecule has 23 heavy (non-hydrogen) atoms. The molecule has 0 fully saturated rings. The van der Waals surface area contributed by atoms with Crippen LogP contribution in [-0.4, -0.2) is 28.8 Å². The zero-order chi connectivity index (χ0) is 15.6. The maximum atomic E-state index is 12.3. The van der Waals surface area contributed by atoms with Gasteiger partial charge < -0.3 is 10.1 Å². The number of carbonyl (C=O) groups is 1. The van der Waals surface area contributed by atoms with Gasteiger partial charge in [-0.05, 0) is 42.9 Å². The van der Waals surface area contributed by atoms with Crippen molar-refractivity contribution in [3.05, 3.63) is 46.8 Å². The summed E-state index contributed by atoms with van der Waals surface area (Å²) in [5, 5.41) is 10.5. The van der Waals surface area contributed by atoms with Gasteiger partial charge in [-0.1, -0.05) is 18.2 Å². The number of carbonyl (C=O) groups excluding carboxylic acids is 1. The number of hydrogen-bond donors (Lipinski definition) is 2. The molecule has 1 aromatic heterocycles. The number of para-hydroxylation sites is 1. The highest BCUT2D eigenvalue weighted by atomic mass is 16.5. The lowest BCUT2D eigenvalue weighted by Crippen LogP contribution is -2.38. The summed E-state index contributed by atoms with van der Waals surface area (Å²) in [5.74, 6) is 0.791.